The normalized spacial score (nSPS) is 10.4. The average molecular weight is 236 g/mol. The first kappa shape index (κ1) is 13.4. The Kier molecular flexibility index (Phi) is 4.90. The van der Waals surface area contributed by atoms with E-state index in [1.165, 1.54) is 0 Å². The standard InChI is InChI=1S/C12H20N4O/c1-4-10(5-2)16(3)12(17)9-6-7-14-11(8-9)15-13/h6-8,10H,4-5,13H2,1-3H3,(H,14,15). The molecule has 0 aromatic carbocycles. The average Bonchev–Trinajstić information content (AvgIpc) is 2.39. The summed E-state index contributed by atoms with van der Waals surface area (Å²) in [7, 11) is 1.83. The Labute approximate surface area is 102 Å². The first-order valence-electron chi connectivity index (χ1n) is 5.83. The molecule has 0 aliphatic carbocycles. The molecule has 0 radical (unpaired) electrons. The van der Waals surface area contributed by atoms with Crippen molar-refractivity contribution in [3.8, 4) is 0 Å². The number of nitrogen functional groups attached to an aromatic ring is 1. The molecular weight excluding hydrogens is 216 g/mol. The van der Waals surface area contributed by atoms with E-state index in [-0.39, 0.29) is 11.9 Å². The third-order valence-corrected chi connectivity index (χ3v) is 2.97. The SMILES string of the molecule is CCC(CC)N(C)C(=O)c1ccnc(NN)c1. The Hall–Kier alpha value is -1.62. The van der Waals surface area contributed by atoms with Crippen molar-refractivity contribution in [1.82, 2.24) is 9.88 Å². The monoisotopic (exact) mass is 236 g/mol. The molecule has 1 aromatic heterocycles. The lowest BCUT2D eigenvalue weighted by Gasteiger charge is -2.26. The van der Waals surface area contributed by atoms with Crippen molar-refractivity contribution in [2.45, 2.75) is 32.7 Å². The van der Waals surface area contributed by atoms with Gasteiger partial charge in [-0.2, -0.15) is 0 Å². The van der Waals surface area contributed by atoms with Gasteiger partial charge in [-0.25, -0.2) is 10.8 Å². The van der Waals surface area contributed by atoms with Crippen LogP contribution in [0.4, 0.5) is 5.82 Å². The molecule has 1 rings (SSSR count). The fraction of sp³-hybridized carbons (Fsp3) is 0.500. The molecule has 0 aliphatic rings. The number of hydrogen-bond donors (Lipinski definition) is 2. The molecule has 1 amide bonds. The van der Waals surface area contributed by atoms with Gasteiger partial charge in [0.25, 0.3) is 5.91 Å². The van der Waals surface area contributed by atoms with Gasteiger partial charge in [0.2, 0.25) is 0 Å². The van der Waals surface area contributed by atoms with Crippen molar-refractivity contribution in [2.24, 2.45) is 5.84 Å². The second-order valence-corrected chi connectivity index (χ2v) is 3.96. The number of carbonyl (C=O) groups is 1. The van der Waals surface area contributed by atoms with Crippen molar-refractivity contribution >= 4 is 11.7 Å². The number of nitrogens with two attached hydrogens (primary N) is 1. The zero-order chi connectivity index (χ0) is 12.8. The summed E-state index contributed by atoms with van der Waals surface area (Å²) in [6, 6.07) is 3.62. The van der Waals surface area contributed by atoms with Crippen LogP contribution in [0.25, 0.3) is 0 Å². The van der Waals surface area contributed by atoms with E-state index in [0.29, 0.717) is 11.4 Å². The molecule has 0 saturated carbocycles. The van der Waals surface area contributed by atoms with E-state index in [1.54, 1.807) is 23.2 Å². The molecule has 0 fully saturated rings. The molecule has 94 valence electrons. The van der Waals surface area contributed by atoms with Gasteiger partial charge in [0.05, 0.1) is 0 Å². The first-order valence-corrected chi connectivity index (χ1v) is 5.83. The van der Waals surface area contributed by atoms with E-state index in [1.807, 2.05) is 7.05 Å². The summed E-state index contributed by atoms with van der Waals surface area (Å²) in [5.41, 5.74) is 3.04. The predicted octanol–water partition coefficient (Wildman–Crippen LogP) is 1.63. The van der Waals surface area contributed by atoms with Gasteiger partial charge in [0.1, 0.15) is 5.82 Å². The number of aromatic nitrogens is 1. The number of nitrogens with zero attached hydrogens (tertiary/aromatic N) is 2. The van der Waals surface area contributed by atoms with Gasteiger partial charge in [-0.1, -0.05) is 13.8 Å². The molecule has 0 spiro atoms. The maximum Gasteiger partial charge on any atom is 0.254 e. The highest BCUT2D eigenvalue weighted by atomic mass is 16.2. The third kappa shape index (κ3) is 3.17. The molecule has 0 unspecified atom stereocenters. The number of hydrogen-bond acceptors (Lipinski definition) is 4. The highest BCUT2D eigenvalue weighted by molar-refractivity contribution is 5.94. The molecule has 1 aromatic rings. The number of carbonyl (C=O) groups excluding carboxylic acids is 1. The summed E-state index contributed by atoms with van der Waals surface area (Å²) < 4.78 is 0. The van der Waals surface area contributed by atoms with Gasteiger partial charge in [-0.3, -0.25) is 4.79 Å². The van der Waals surface area contributed by atoms with Crippen molar-refractivity contribution < 1.29 is 4.79 Å². The highest BCUT2D eigenvalue weighted by Gasteiger charge is 2.18. The Balaban J connectivity index is 2.87. The molecule has 0 saturated heterocycles. The minimum absolute atomic E-state index is 0.00222. The topological polar surface area (TPSA) is 71.2 Å². The third-order valence-electron chi connectivity index (χ3n) is 2.97. The van der Waals surface area contributed by atoms with Crippen LogP contribution in [-0.2, 0) is 0 Å². The summed E-state index contributed by atoms with van der Waals surface area (Å²) >= 11 is 0. The van der Waals surface area contributed by atoms with E-state index >= 15 is 0 Å². The Morgan fingerprint density at radius 3 is 2.71 bits per heavy atom. The molecule has 0 bridgehead atoms. The summed E-state index contributed by atoms with van der Waals surface area (Å²) in [4.78, 5) is 18.0. The second-order valence-electron chi connectivity index (χ2n) is 3.96. The highest BCUT2D eigenvalue weighted by Crippen LogP contribution is 2.13. The second kappa shape index (κ2) is 6.20. The van der Waals surface area contributed by atoms with Crippen LogP contribution < -0.4 is 11.3 Å². The van der Waals surface area contributed by atoms with Crippen LogP contribution in [0.5, 0.6) is 0 Å². The van der Waals surface area contributed by atoms with Crippen molar-refractivity contribution in [1.29, 1.82) is 0 Å². The van der Waals surface area contributed by atoms with Crippen LogP contribution in [0.1, 0.15) is 37.0 Å². The van der Waals surface area contributed by atoms with E-state index in [2.05, 4.69) is 24.3 Å². The molecule has 0 atom stereocenters. The number of hydrazine groups is 1. The Morgan fingerprint density at radius 1 is 1.53 bits per heavy atom. The maximum atomic E-state index is 12.2. The lowest BCUT2D eigenvalue weighted by atomic mass is 10.1. The predicted molar refractivity (Wildman–Crippen MR) is 68.5 cm³/mol. The zero-order valence-electron chi connectivity index (χ0n) is 10.6. The van der Waals surface area contributed by atoms with Crippen LogP contribution in [0, 0.1) is 0 Å². The van der Waals surface area contributed by atoms with Crippen LogP contribution >= 0.6 is 0 Å². The fourth-order valence-corrected chi connectivity index (χ4v) is 1.85. The Bertz CT molecular complexity index is 377. The lowest BCUT2D eigenvalue weighted by molar-refractivity contribution is 0.0723. The van der Waals surface area contributed by atoms with Gasteiger partial charge in [-0.15, -0.1) is 0 Å². The van der Waals surface area contributed by atoms with Crippen LogP contribution in [0.3, 0.4) is 0 Å². The summed E-state index contributed by atoms with van der Waals surface area (Å²) in [5, 5.41) is 0. The summed E-state index contributed by atoms with van der Waals surface area (Å²) in [6.07, 6.45) is 3.47. The molecular formula is C12H20N4O. The van der Waals surface area contributed by atoms with Gasteiger partial charge >= 0.3 is 0 Å². The summed E-state index contributed by atoms with van der Waals surface area (Å²) in [6.45, 7) is 4.16. The molecule has 1 heterocycles. The maximum absolute atomic E-state index is 12.2. The minimum atomic E-state index is -0.00222. The van der Waals surface area contributed by atoms with Gasteiger partial charge in [0.15, 0.2) is 0 Å². The van der Waals surface area contributed by atoms with Crippen LogP contribution in [0.2, 0.25) is 0 Å². The fourth-order valence-electron chi connectivity index (χ4n) is 1.85. The zero-order valence-corrected chi connectivity index (χ0v) is 10.6. The molecule has 5 nitrogen and oxygen atoms in total. The van der Waals surface area contributed by atoms with Gasteiger partial charge < -0.3 is 10.3 Å². The first-order chi connectivity index (χ1) is 8.13. The number of rotatable bonds is 5. The van der Waals surface area contributed by atoms with Crippen molar-refractivity contribution in [3.63, 3.8) is 0 Å². The van der Waals surface area contributed by atoms with E-state index in [0.717, 1.165) is 12.8 Å². The van der Waals surface area contributed by atoms with E-state index in [4.69, 9.17) is 5.84 Å². The number of anilines is 1. The van der Waals surface area contributed by atoms with Crippen molar-refractivity contribution in [3.05, 3.63) is 23.9 Å². The smallest absolute Gasteiger partial charge is 0.254 e. The Morgan fingerprint density at radius 2 is 2.18 bits per heavy atom. The number of pyridine rings is 1. The number of amides is 1. The molecule has 17 heavy (non-hydrogen) atoms. The molecule has 0 aliphatic heterocycles. The van der Waals surface area contributed by atoms with E-state index < -0.39 is 0 Å². The largest absolute Gasteiger partial charge is 0.339 e. The summed E-state index contributed by atoms with van der Waals surface area (Å²) in [5.74, 6) is 5.76. The lowest BCUT2D eigenvalue weighted by Crippen LogP contribution is -2.36. The van der Waals surface area contributed by atoms with Gasteiger partial charge in [0, 0.05) is 24.8 Å². The minimum Gasteiger partial charge on any atom is -0.339 e. The van der Waals surface area contributed by atoms with E-state index in [9.17, 15) is 4.79 Å². The van der Waals surface area contributed by atoms with Crippen molar-refractivity contribution in [2.75, 3.05) is 12.5 Å². The van der Waals surface area contributed by atoms with Gasteiger partial charge in [-0.05, 0) is 25.0 Å². The number of nitrogens with one attached hydrogen (secondary N) is 1. The quantitative estimate of drug-likeness (QED) is 0.602. The molecule has 3 N–H and O–H groups in total. The van der Waals surface area contributed by atoms with Crippen LogP contribution in [-0.4, -0.2) is 28.9 Å². The van der Waals surface area contributed by atoms with Crippen LogP contribution in [0.15, 0.2) is 18.3 Å². The molecule has 5 heteroatoms.